The van der Waals surface area contributed by atoms with E-state index >= 15 is 0 Å². The highest BCUT2D eigenvalue weighted by Gasteiger charge is 2.15. The van der Waals surface area contributed by atoms with Gasteiger partial charge < -0.3 is 9.47 Å². The van der Waals surface area contributed by atoms with E-state index in [0.29, 0.717) is 5.75 Å². The van der Waals surface area contributed by atoms with Crippen molar-refractivity contribution in [2.45, 2.75) is 13.8 Å². The molecule has 1 aromatic carbocycles. The van der Waals surface area contributed by atoms with Crippen LogP contribution in [0.2, 0.25) is 0 Å². The maximum atomic E-state index is 11.4. The molecule has 108 valence electrons. The monoisotopic (exact) mass is 281 g/mol. The minimum atomic E-state index is -0.592. The van der Waals surface area contributed by atoms with E-state index < -0.39 is 10.9 Å². The van der Waals surface area contributed by atoms with Gasteiger partial charge in [0.15, 0.2) is 0 Å². The highest BCUT2D eigenvalue weighted by molar-refractivity contribution is 6.35. The number of nitrogens with zero attached hydrogens (tertiary/aromatic N) is 2. The zero-order chi connectivity index (χ0) is 15.1. The van der Waals surface area contributed by atoms with E-state index in [1.165, 1.54) is 32.2 Å². The summed E-state index contributed by atoms with van der Waals surface area (Å²) in [6, 6.07) is 4.17. The highest BCUT2D eigenvalue weighted by Crippen LogP contribution is 2.28. The summed E-state index contributed by atoms with van der Waals surface area (Å²) >= 11 is 0. The number of hydrazone groups is 1. The minimum absolute atomic E-state index is 0.0592. The maximum Gasteiger partial charge on any atom is 0.354 e. The number of ether oxygens (including phenoxy) is 2. The molecule has 1 rings (SSSR count). The van der Waals surface area contributed by atoms with Crippen LogP contribution in [-0.4, -0.2) is 30.3 Å². The predicted octanol–water partition coefficient (Wildman–Crippen LogP) is 1.95. The number of rotatable bonds is 6. The van der Waals surface area contributed by atoms with Crippen molar-refractivity contribution in [3.05, 3.63) is 28.3 Å². The molecule has 0 fully saturated rings. The first-order valence-corrected chi connectivity index (χ1v) is 5.79. The molecule has 0 saturated carbocycles. The molecule has 0 aliphatic carbocycles. The standard InChI is InChI=1S/C12H15N3O5/c1-4-20-12(16)8(2)13-14-10-7-9(19-3)5-6-11(10)15(17)18/h5-7,14H,4H2,1-3H3/b13-8+. The number of hydrogen-bond acceptors (Lipinski definition) is 7. The van der Waals surface area contributed by atoms with Gasteiger partial charge in [-0.1, -0.05) is 0 Å². The third kappa shape index (κ3) is 3.94. The maximum absolute atomic E-state index is 11.4. The SMILES string of the molecule is CCOC(=O)/C(C)=N/Nc1cc(OC)ccc1[N+](=O)[O-]. The fourth-order valence-electron chi connectivity index (χ4n) is 1.32. The van der Waals surface area contributed by atoms with Crippen LogP contribution in [0.15, 0.2) is 23.3 Å². The van der Waals surface area contributed by atoms with Crippen LogP contribution in [-0.2, 0) is 9.53 Å². The van der Waals surface area contributed by atoms with Crippen molar-refractivity contribution in [2.24, 2.45) is 5.10 Å². The lowest BCUT2D eigenvalue weighted by atomic mass is 10.2. The van der Waals surface area contributed by atoms with Gasteiger partial charge in [0.25, 0.3) is 5.69 Å². The fraction of sp³-hybridized carbons (Fsp3) is 0.333. The number of esters is 1. The summed E-state index contributed by atoms with van der Waals surface area (Å²) in [6.45, 7) is 3.34. The van der Waals surface area contributed by atoms with Gasteiger partial charge >= 0.3 is 5.97 Å². The van der Waals surface area contributed by atoms with Crippen LogP contribution < -0.4 is 10.2 Å². The summed E-state index contributed by atoms with van der Waals surface area (Å²) in [5.74, 6) is -0.160. The van der Waals surface area contributed by atoms with Crippen molar-refractivity contribution in [1.29, 1.82) is 0 Å². The van der Waals surface area contributed by atoms with Gasteiger partial charge in [0, 0.05) is 12.1 Å². The summed E-state index contributed by atoms with van der Waals surface area (Å²) in [4.78, 5) is 21.7. The van der Waals surface area contributed by atoms with Crippen LogP contribution in [0.25, 0.3) is 0 Å². The van der Waals surface area contributed by atoms with Gasteiger partial charge in [0.1, 0.15) is 17.1 Å². The number of nitro benzene ring substituents is 1. The Bertz CT molecular complexity index is 542. The Morgan fingerprint density at radius 1 is 1.50 bits per heavy atom. The lowest BCUT2D eigenvalue weighted by Crippen LogP contribution is -2.15. The second-order valence-electron chi connectivity index (χ2n) is 3.67. The highest BCUT2D eigenvalue weighted by atomic mass is 16.6. The molecule has 0 spiro atoms. The van der Waals surface area contributed by atoms with Gasteiger partial charge in [0.2, 0.25) is 0 Å². The topological polar surface area (TPSA) is 103 Å². The Labute approximate surface area is 115 Å². The first-order valence-electron chi connectivity index (χ1n) is 5.79. The zero-order valence-corrected chi connectivity index (χ0v) is 11.4. The predicted molar refractivity (Wildman–Crippen MR) is 73.0 cm³/mol. The first kappa shape index (κ1) is 15.4. The lowest BCUT2D eigenvalue weighted by molar-refractivity contribution is -0.384. The Hall–Kier alpha value is -2.64. The number of anilines is 1. The molecule has 1 N–H and O–H groups in total. The average molecular weight is 281 g/mol. The summed E-state index contributed by atoms with van der Waals surface area (Å²) < 4.78 is 9.73. The van der Waals surface area contributed by atoms with Gasteiger partial charge in [-0.3, -0.25) is 15.5 Å². The molecule has 0 heterocycles. The Kier molecular flexibility index (Phi) is 5.45. The molecular formula is C12H15N3O5. The van der Waals surface area contributed by atoms with Gasteiger partial charge in [-0.2, -0.15) is 5.10 Å². The molecule has 0 bridgehead atoms. The molecule has 0 unspecified atom stereocenters. The number of methoxy groups -OCH3 is 1. The van der Waals surface area contributed by atoms with Crippen LogP contribution in [0.4, 0.5) is 11.4 Å². The zero-order valence-electron chi connectivity index (χ0n) is 11.4. The smallest absolute Gasteiger partial charge is 0.354 e. The van der Waals surface area contributed by atoms with Crippen molar-refractivity contribution in [3.8, 4) is 5.75 Å². The summed E-state index contributed by atoms with van der Waals surface area (Å²) in [5, 5.41) is 14.7. The van der Waals surface area contributed by atoms with Crippen LogP contribution in [0.5, 0.6) is 5.75 Å². The minimum Gasteiger partial charge on any atom is -0.497 e. The third-order valence-corrected chi connectivity index (χ3v) is 2.32. The fourth-order valence-corrected chi connectivity index (χ4v) is 1.32. The first-order chi connectivity index (χ1) is 9.49. The van der Waals surface area contributed by atoms with E-state index in [9.17, 15) is 14.9 Å². The Morgan fingerprint density at radius 2 is 2.20 bits per heavy atom. The number of benzene rings is 1. The molecule has 0 aliphatic heterocycles. The summed E-state index contributed by atoms with van der Waals surface area (Å²) in [7, 11) is 1.44. The molecule has 0 radical (unpaired) electrons. The molecule has 20 heavy (non-hydrogen) atoms. The molecule has 0 aliphatic rings. The molecule has 1 aromatic rings. The molecule has 0 amide bonds. The second-order valence-corrected chi connectivity index (χ2v) is 3.67. The third-order valence-electron chi connectivity index (χ3n) is 2.32. The van der Waals surface area contributed by atoms with Crippen LogP contribution in [0.1, 0.15) is 13.8 Å². The second kappa shape index (κ2) is 7.07. The number of nitro groups is 1. The quantitative estimate of drug-likeness (QED) is 0.370. The van der Waals surface area contributed by atoms with E-state index in [1.54, 1.807) is 6.92 Å². The largest absolute Gasteiger partial charge is 0.497 e. The van der Waals surface area contributed by atoms with E-state index in [-0.39, 0.29) is 23.7 Å². The van der Waals surface area contributed by atoms with Crippen molar-refractivity contribution in [2.75, 3.05) is 19.1 Å². The van der Waals surface area contributed by atoms with E-state index in [4.69, 9.17) is 9.47 Å². The van der Waals surface area contributed by atoms with Crippen molar-refractivity contribution < 1.29 is 19.2 Å². The van der Waals surface area contributed by atoms with E-state index in [0.717, 1.165) is 0 Å². The van der Waals surface area contributed by atoms with Crippen molar-refractivity contribution >= 4 is 23.1 Å². The van der Waals surface area contributed by atoms with Gasteiger partial charge in [0.05, 0.1) is 18.6 Å². The average Bonchev–Trinajstić information content (AvgIpc) is 2.44. The van der Waals surface area contributed by atoms with Gasteiger partial charge in [-0.15, -0.1) is 0 Å². The van der Waals surface area contributed by atoms with Gasteiger partial charge in [-0.25, -0.2) is 4.79 Å². The summed E-state index contributed by atoms with van der Waals surface area (Å²) in [5.41, 5.74) is 2.48. The number of hydrogen-bond donors (Lipinski definition) is 1. The normalized spacial score (nSPS) is 10.8. The summed E-state index contributed by atoms with van der Waals surface area (Å²) in [6.07, 6.45) is 0. The molecular weight excluding hydrogens is 266 g/mol. The molecule has 0 saturated heterocycles. The molecule has 8 heteroatoms. The number of nitrogens with one attached hydrogen (secondary N) is 1. The van der Waals surface area contributed by atoms with Crippen LogP contribution >= 0.6 is 0 Å². The molecule has 8 nitrogen and oxygen atoms in total. The van der Waals surface area contributed by atoms with Crippen molar-refractivity contribution in [1.82, 2.24) is 0 Å². The van der Waals surface area contributed by atoms with E-state index in [2.05, 4.69) is 10.5 Å². The van der Waals surface area contributed by atoms with Gasteiger partial charge in [-0.05, 0) is 19.9 Å². The van der Waals surface area contributed by atoms with Crippen LogP contribution in [0.3, 0.4) is 0 Å². The molecule has 0 atom stereocenters. The Balaban J connectivity index is 2.98. The lowest BCUT2D eigenvalue weighted by Gasteiger charge is -2.06. The number of carbonyl (C=O) groups is 1. The van der Waals surface area contributed by atoms with Crippen LogP contribution in [0, 0.1) is 10.1 Å². The van der Waals surface area contributed by atoms with Crippen molar-refractivity contribution in [3.63, 3.8) is 0 Å². The Morgan fingerprint density at radius 3 is 2.75 bits per heavy atom. The van der Waals surface area contributed by atoms with E-state index in [1.807, 2.05) is 0 Å². The molecule has 0 aromatic heterocycles. The number of carbonyl (C=O) groups excluding carboxylic acids is 1.